The van der Waals surface area contributed by atoms with Gasteiger partial charge in [0, 0.05) is 13.1 Å². The van der Waals surface area contributed by atoms with E-state index in [0.29, 0.717) is 28.7 Å². The Labute approximate surface area is 149 Å². The van der Waals surface area contributed by atoms with Crippen molar-refractivity contribution in [2.45, 2.75) is 6.42 Å². The van der Waals surface area contributed by atoms with Crippen LogP contribution in [0.4, 0.5) is 5.95 Å². The van der Waals surface area contributed by atoms with Gasteiger partial charge in [0.1, 0.15) is 0 Å². The summed E-state index contributed by atoms with van der Waals surface area (Å²) in [5.41, 5.74) is 2.22. The SMILES string of the molecule is O=C(NCCCNc1nc2ccccc2[nH]1)c1c(Cl)cccc1Cl. The summed E-state index contributed by atoms with van der Waals surface area (Å²) in [7, 11) is 0. The number of carbonyl (C=O) groups is 1. The van der Waals surface area contributed by atoms with E-state index in [1.165, 1.54) is 0 Å². The average molecular weight is 363 g/mol. The number of halogens is 2. The van der Waals surface area contributed by atoms with Crippen LogP contribution in [0.1, 0.15) is 16.8 Å². The molecule has 1 heterocycles. The van der Waals surface area contributed by atoms with Crippen LogP contribution in [0.2, 0.25) is 10.0 Å². The Morgan fingerprint density at radius 2 is 1.79 bits per heavy atom. The molecule has 0 aliphatic carbocycles. The number of para-hydroxylation sites is 2. The number of benzene rings is 2. The third-order valence-corrected chi connectivity index (χ3v) is 4.14. The van der Waals surface area contributed by atoms with Gasteiger partial charge in [0.15, 0.2) is 0 Å². The van der Waals surface area contributed by atoms with E-state index < -0.39 is 0 Å². The number of carbonyl (C=O) groups excluding carboxylic acids is 1. The highest BCUT2D eigenvalue weighted by atomic mass is 35.5. The maximum atomic E-state index is 12.1. The van der Waals surface area contributed by atoms with Crippen molar-refractivity contribution in [1.29, 1.82) is 0 Å². The molecule has 0 spiro atoms. The lowest BCUT2D eigenvalue weighted by molar-refractivity contribution is 0.0954. The van der Waals surface area contributed by atoms with E-state index in [4.69, 9.17) is 23.2 Å². The fraction of sp³-hybridized carbons (Fsp3) is 0.176. The maximum absolute atomic E-state index is 12.1. The van der Waals surface area contributed by atoms with Crippen molar-refractivity contribution in [3.8, 4) is 0 Å². The summed E-state index contributed by atoms with van der Waals surface area (Å²) in [6.07, 6.45) is 0.741. The van der Waals surface area contributed by atoms with Crippen LogP contribution in [0.15, 0.2) is 42.5 Å². The van der Waals surface area contributed by atoms with Gasteiger partial charge < -0.3 is 15.6 Å². The number of H-pyrrole nitrogens is 1. The molecule has 0 saturated heterocycles. The molecule has 5 nitrogen and oxygen atoms in total. The van der Waals surface area contributed by atoms with E-state index in [9.17, 15) is 4.79 Å². The topological polar surface area (TPSA) is 69.8 Å². The number of hydrogen-bond donors (Lipinski definition) is 3. The van der Waals surface area contributed by atoms with Gasteiger partial charge in [-0.2, -0.15) is 0 Å². The maximum Gasteiger partial charge on any atom is 0.254 e. The van der Waals surface area contributed by atoms with Crippen LogP contribution in [0.25, 0.3) is 11.0 Å². The zero-order chi connectivity index (χ0) is 16.9. The Morgan fingerprint density at radius 1 is 1.04 bits per heavy atom. The lowest BCUT2D eigenvalue weighted by Gasteiger charge is -2.08. The highest BCUT2D eigenvalue weighted by Gasteiger charge is 2.13. The molecule has 0 aliphatic rings. The molecule has 0 bridgehead atoms. The smallest absolute Gasteiger partial charge is 0.254 e. The fourth-order valence-electron chi connectivity index (χ4n) is 2.34. The molecule has 0 atom stereocenters. The van der Waals surface area contributed by atoms with Gasteiger partial charge in [-0.25, -0.2) is 4.98 Å². The van der Waals surface area contributed by atoms with E-state index >= 15 is 0 Å². The second-order valence-corrected chi connectivity index (χ2v) is 6.05. The molecule has 0 saturated carbocycles. The Hall–Kier alpha value is -2.24. The molecule has 0 radical (unpaired) electrons. The van der Waals surface area contributed by atoms with Gasteiger partial charge in [0.2, 0.25) is 5.95 Å². The number of hydrogen-bond acceptors (Lipinski definition) is 3. The molecule has 0 unspecified atom stereocenters. The first-order chi connectivity index (χ1) is 11.6. The summed E-state index contributed by atoms with van der Waals surface area (Å²) >= 11 is 12.0. The van der Waals surface area contributed by atoms with Crippen LogP contribution in [0, 0.1) is 0 Å². The van der Waals surface area contributed by atoms with Crippen molar-refractivity contribution in [2.24, 2.45) is 0 Å². The van der Waals surface area contributed by atoms with Crippen molar-refractivity contribution >= 4 is 46.1 Å². The molecule has 3 N–H and O–H groups in total. The molecule has 2 aromatic carbocycles. The summed E-state index contributed by atoms with van der Waals surface area (Å²) in [5, 5.41) is 6.71. The second-order valence-electron chi connectivity index (χ2n) is 5.24. The number of imidazole rings is 1. The Morgan fingerprint density at radius 3 is 2.54 bits per heavy atom. The molecule has 124 valence electrons. The Kier molecular flexibility index (Phi) is 5.23. The first-order valence-electron chi connectivity index (χ1n) is 7.56. The van der Waals surface area contributed by atoms with Crippen LogP contribution >= 0.6 is 23.2 Å². The molecule has 24 heavy (non-hydrogen) atoms. The number of aromatic amines is 1. The Bertz CT molecular complexity index is 809. The van der Waals surface area contributed by atoms with E-state index in [1.54, 1.807) is 18.2 Å². The number of aromatic nitrogens is 2. The normalized spacial score (nSPS) is 10.8. The average Bonchev–Trinajstić information content (AvgIpc) is 2.97. The van der Waals surface area contributed by atoms with E-state index in [-0.39, 0.29) is 5.91 Å². The summed E-state index contributed by atoms with van der Waals surface area (Å²) in [4.78, 5) is 19.7. The number of fused-ring (bicyclic) bond motifs is 1. The Balaban J connectivity index is 1.46. The quantitative estimate of drug-likeness (QED) is 0.578. The van der Waals surface area contributed by atoms with Gasteiger partial charge in [-0.15, -0.1) is 0 Å². The lowest BCUT2D eigenvalue weighted by atomic mass is 10.2. The molecule has 3 rings (SSSR count). The third-order valence-electron chi connectivity index (χ3n) is 3.51. The number of nitrogens with one attached hydrogen (secondary N) is 3. The largest absolute Gasteiger partial charge is 0.356 e. The van der Waals surface area contributed by atoms with Gasteiger partial charge in [-0.05, 0) is 30.7 Å². The van der Waals surface area contributed by atoms with Gasteiger partial charge >= 0.3 is 0 Å². The first-order valence-corrected chi connectivity index (χ1v) is 8.31. The monoisotopic (exact) mass is 362 g/mol. The van der Waals surface area contributed by atoms with Crippen LogP contribution in [0.5, 0.6) is 0 Å². The lowest BCUT2D eigenvalue weighted by Crippen LogP contribution is -2.26. The van der Waals surface area contributed by atoms with Crippen molar-refractivity contribution in [3.05, 3.63) is 58.1 Å². The molecule has 0 fully saturated rings. The standard InChI is InChI=1S/C17H16Cl2N4O/c18-11-5-3-6-12(19)15(11)16(24)20-9-4-10-21-17-22-13-7-1-2-8-14(13)23-17/h1-3,5-8H,4,9-10H2,(H,20,24)(H2,21,22,23). The van der Waals surface area contributed by atoms with Crippen molar-refractivity contribution in [3.63, 3.8) is 0 Å². The van der Waals surface area contributed by atoms with Gasteiger partial charge in [0.25, 0.3) is 5.91 Å². The second kappa shape index (κ2) is 7.55. The molecular weight excluding hydrogens is 347 g/mol. The van der Waals surface area contributed by atoms with E-state index in [2.05, 4.69) is 20.6 Å². The van der Waals surface area contributed by atoms with Gasteiger partial charge in [-0.1, -0.05) is 41.4 Å². The van der Waals surface area contributed by atoms with Gasteiger partial charge in [-0.3, -0.25) is 4.79 Å². The fourth-order valence-corrected chi connectivity index (χ4v) is 2.91. The van der Waals surface area contributed by atoms with Crippen LogP contribution < -0.4 is 10.6 Å². The molecule has 1 amide bonds. The predicted octanol–water partition coefficient (Wildman–Crippen LogP) is 4.10. The molecular formula is C17H16Cl2N4O. The molecule has 3 aromatic rings. The van der Waals surface area contributed by atoms with Crippen LogP contribution in [-0.4, -0.2) is 29.0 Å². The van der Waals surface area contributed by atoms with E-state index in [1.807, 2.05) is 24.3 Å². The number of anilines is 1. The summed E-state index contributed by atoms with van der Waals surface area (Å²) in [6, 6.07) is 12.8. The molecule has 1 aromatic heterocycles. The minimum atomic E-state index is -0.269. The number of nitrogens with zero attached hydrogens (tertiary/aromatic N) is 1. The first kappa shape index (κ1) is 16.6. The highest BCUT2D eigenvalue weighted by Crippen LogP contribution is 2.23. The summed E-state index contributed by atoms with van der Waals surface area (Å²) in [6.45, 7) is 1.18. The highest BCUT2D eigenvalue weighted by molar-refractivity contribution is 6.39. The zero-order valence-electron chi connectivity index (χ0n) is 12.8. The van der Waals surface area contributed by atoms with Crippen molar-refractivity contribution in [1.82, 2.24) is 15.3 Å². The van der Waals surface area contributed by atoms with Crippen molar-refractivity contribution in [2.75, 3.05) is 18.4 Å². The number of rotatable bonds is 6. The third kappa shape index (κ3) is 3.80. The van der Waals surface area contributed by atoms with E-state index in [0.717, 1.165) is 23.4 Å². The minimum Gasteiger partial charge on any atom is -0.356 e. The number of amides is 1. The summed E-state index contributed by atoms with van der Waals surface area (Å²) < 4.78 is 0. The molecule has 7 heteroatoms. The minimum absolute atomic E-state index is 0.269. The van der Waals surface area contributed by atoms with Gasteiger partial charge in [0.05, 0.1) is 26.6 Å². The molecule has 0 aliphatic heterocycles. The van der Waals surface area contributed by atoms with Crippen LogP contribution in [0.3, 0.4) is 0 Å². The van der Waals surface area contributed by atoms with Crippen molar-refractivity contribution < 1.29 is 4.79 Å². The zero-order valence-corrected chi connectivity index (χ0v) is 14.3. The summed E-state index contributed by atoms with van der Waals surface area (Å²) in [5.74, 6) is 0.450. The van der Waals surface area contributed by atoms with Crippen LogP contribution in [-0.2, 0) is 0 Å². The predicted molar refractivity (Wildman–Crippen MR) is 98.0 cm³/mol.